The maximum Gasteiger partial charge on any atom is 0.208 e. The van der Waals surface area contributed by atoms with Crippen molar-refractivity contribution in [2.75, 3.05) is 13.2 Å². The number of aliphatic hydroxyl groups is 1. The number of ether oxygens (including phenoxy) is 1. The molecule has 1 aromatic carbocycles. The Bertz CT molecular complexity index is 537. The van der Waals surface area contributed by atoms with Crippen molar-refractivity contribution < 1.29 is 14.3 Å². The quantitative estimate of drug-likeness (QED) is 0.779. The third kappa shape index (κ3) is 5.21. The van der Waals surface area contributed by atoms with Crippen LogP contribution in [0.25, 0.3) is 0 Å². The Morgan fingerprint density at radius 2 is 2.10 bits per heavy atom. The van der Waals surface area contributed by atoms with Crippen LogP contribution in [0.4, 0.5) is 0 Å². The van der Waals surface area contributed by atoms with Crippen molar-refractivity contribution in [3.05, 3.63) is 47.7 Å². The molecular formula is C16H22N2O3. The van der Waals surface area contributed by atoms with E-state index in [2.05, 4.69) is 10.3 Å². The Kier molecular flexibility index (Phi) is 5.78. The highest BCUT2D eigenvalue weighted by molar-refractivity contribution is 5.26. The predicted molar refractivity (Wildman–Crippen MR) is 80.3 cm³/mol. The van der Waals surface area contributed by atoms with Crippen LogP contribution < -0.4 is 10.1 Å². The molecule has 1 aromatic heterocycles. The smallest absolute Gasteiger partial charge is 0.208 e. The predicted octanol–water partition coefficient (Wildman–Crippen LogP) is 2.07. The van der Waals surface area contributed by atoms with Crippen molar-refractivity contribution in [3.8, 4) is 5.75 Å². The number of hydrogen-bond donors (Lipinski definition) is 2. The van der Waals surface area contributed by atoms with E-state index in [0.717, 1.165) is 17.9 Å². The van der Waals surface area contributed by atoms with E-state index >= 15 is 0 Å². The fourth-order valence-corrected chi connectivity index (χ4v) is 1.82. The third-order valence-corrected chi connectivity index (χ3v) is 3.07. The lowest BCUT2D eigenvalue weighted by atomic mass is 10.2. The lowest BCUT2D eigenvalue weighted by Crippen LogP contribution is -2.31. The number of oxazole rings is 1. The van der Waals surface area contributed by atoms with Crippen LogP contribution in [-0.4, -0.2) is 29.3 Å². The van der Waals surface area contributed by atoms with Crippen molar-refractivity contribution in [2.45, 2.75) is 32.9 Å². The topological polar surface area (TPSA) is 67.5 Å². The average molecular weight is 290 g/mol. The lowest BCUT2D eigenvalue weighted by molar-refractivity contribution is 0.105. The minimum absolute atomic E-state index is 0.252. The molecule has 2 rings (SSSR count). The highest BCUT2D eigenvalue weighted by Crippen LogP contribution is 2.11. The van der Waals surface area contributed by atoms with Gasteiger partial charge in [0.05, 0.1) is 12.7 Å². The first-order valence-electron chi connectivity index (χ1n) is 7.19. The number of benzene rings is 1. The number of rotatable bonds is 8. The molecule has 0 aliphatic carbocycles. The monoisotopic (exact) mass is 290 g/mol. The van der Waals surface area contributed by atoms with Crippen molar-refractivity contribution in [3.63, 3.8) is 0 Å². The molecule has 2 N–H and O–H groups in total. The molecule has 1 heterocycles. The van der Waals surface area contributed by atoms with Gasteiger partial charge in [-0.25, -0.2) is 4.98 Å². The number of aliphatic hydroxyl groups excluding tert-OH is 1. The van der Waals surface area contributed by atoms with Crippen LogP contribution in [-0.2, 0) is 13.0 Å². The van der Waals surface area contributed by atoms with Crippen LogP contribution in [0, 0.1) is 6.92 Å². The Labute approximate surface area is 125 Å². The highest BCUT2D eigenvalue weighted by atomic mass is 16.5. The van der Waals surface area contributed by atoms with E-state index in [0.29, 0.717) is 19.0 Å². The molecule has 5 heteroatoms. The molecular weight excluding hydrogens is 268 g/mol. The summed E-state index contributed by atoms with van der Waals surface area (Å²) in [5, 5.41) is 13.0. The molecule has 0 aliphatic heterocycles. The average Bonchev–Trinajstić information content (AvgIpc) is 2.95. The second-order valence-electron chi connectivity index (χ2n) is 4.98. The number of nitrogens with one attached hydrogen (secondary N) is 1. The van der Waals surface area contributed by atoms with Gasteiger partial charge in [-0.05, 0) is 19.1 Å². The van der Waals surface area contributed by atoms with E-state index in [-0.39, 0.29) is 6.61 Å². The molecule has 0 saturated carbocycles. The van der Waals surface area contributed by atoms with Crippen LogP contribution in [0.5, 0.6) is 5.75 Å². The number of aromatic nitrogens is 1. The second kappa shape index (κ2) is 7.81. The van der Waals surface area contributed by atoms with Crippen LogP contribution in [0.15, 0.2) is 34.9 Å². The first-order valence-corrected chi connectivity index (χ1v) is 7.19. The summed E-state index contributed by atoms with van der Waals surface area (Å²) in [4.78, 5) is 4.14. The van der Waals surface area contributed by atoms with Gasteiger partial charge in [0.1, 0.15) is 24.2 Å². The highest BCUT2D eigenvalue weighted by Gasteiger charge is 2.07. The first kappa shape index (κ1) is 15.5. The molecule has 21 heavy (non-hydrogen) atoms. The van der Waals surface area contributed by atoms with E-state index in [9.17, 15) is 5.11 Å². The summed E-state index contributed by atoms with van der Waals surface area (Å²) in [7, 11) is 0. The van der Waals surface area contributed by atoms with Gasteiger partial charge in [0.2, 0.25) is 5.89 Å². The molecule has 2 aromatic rings. The summed E-state index contributed by atoms with van der Waals surface area (Å²) in [5.74, 6) is 2.27. The van der Waals surface area contributed by atoms with Gasteiger partial charge in [-0.2, -0.15) is 0 Å². The maximum absolute atomic E-state index is 9.86. The Morgan fingerprint density at radius 3 is 2.76 bits per heavy atom. The maximum atomic E-state index is 9.86. The first-order chi connectivity index (χ1) is 10.2. The van der Waals surface area contributed by atoms with E-state index in [4.69, 9.17) is 9.15 Å². The second-order valence-corrected chi connectivity index (χ2v) is 4.98. The van der Waals surface area contributed by atoms with Gasteiger partial charge in [-0.15, -0.1) is 0 Å². The van der Waals surface area contributed by atoms with Crippen LogP contribution in [0.3, 0.4) is 0 Å². The van der Waals surface area contributed by atoms with Crippen molar-refractivity contribution in [1.82, 2.24) is 10.3 Å². The molecule has 0 aliphatic rings. The molecule has 1 unspecified atom stereocenters. The van der Waals surface area contributed by atoms with Crippen molar-refractivity contribution >= 4 is 0 Å². The Hall–Kier alpha value is -1.85. The molecule has 1 atom stereocenters. The molecule has 0 fully saturated rings. The summed E-state index contributed by atoms with van der Waals surface area (Å²) in [6.07, 6.45) is 1.99. The Morgan fingerprint density at radius 1 is 1.33 bits per heavy atom. The van der Waals surface area contributed by atoms with Gasteiger partial charge >= 0.3 is 0 Å². The van der Waals surface area contributed by atoms with E-state index in [1.165, 1.54) is 5.56 Å². The summed E-state index contributed by atoms with van der Waals surface area (Å²) in [6.45, 7) is 5.22. The summed E-state index contributed by atoms with van der Waals surface area (Å²) in [5.41, 5.74) is 1.18. The van der Waals surface area contributed by atoms with Gasteiger partial charge < -0.3 is 19.6 Å². The van der Waals surface area contributed by atoms with E-state index in [1.54, 1.807) is 6.20 Å². The molecule has 0 bridgehead atoms. The van der Waals surface area contributed by atoms with Crippen LogP contribution >= 0.6 is 0 Å². The molecule has 5 nitrogen and oxygen atoms in total. The number of nitrogens with zero attached hydrogens (tertiary/aromatic N) is 1. The van der Waals surface area contributed by atoms with Crippen molar-refractivity contribution in [1.29, 1.82) is 0 Å². The molecule has 0 spiro atoms. The van der Waals surface area contributed by atoms with Gasteiger partial charge in [0, 0.05) is 13.0 Å². The fraction of sp³-hybridized carbons (Fsp3) is 0.438. The third-order valence-electron chi connectivity index (χ3n) is 3.07. The zero-order valence-electron chi connectivity index (χ0n) is 12.5. The minimum Gasteiger partial charge on any atom is -0.491 e. The Balaban J connectivity index is 1.65. The molecule has 0 saturated heterocycles. The number of hydrogen-bond acceptors (Lipinski definition) is 5. The molecule has 0 radical (unpaired) electrons. The van der Waals surface area contributed by atoms with Gasteiger partial charge in [-0.3, -0.25) is 0 Å². The zero-order chi connectivity index (χ0) is 15.1. The van der Waals surface area contributed by atoms with Crippen LogP contribution in [0.2, 0.25) is 0 Å². The lowest BCUT2D eigenvalue weighted by Gasteiger charge is -2.12. The zero-order valence-corrected chi connectivity index (χ0v) is 12.5. The SMILES string of the molecule is CCc1cnc(CNCC(O)COc2ccc(C)cc2)o1. The minimum atomic E-state index is -0.577. The standard InChI is InChI=1S/C16H22N2O3/c1-3-14-9-18-16(21-14)10-17-8-13(19)11-20-15-6-4-12(2)5-7-15/h4-7,9,13,17,19H,3,8,10-11H2,1-2H3. The largest absolute Gasteiger partial charge is 0.491 e. The normalized spacial score (nSPS) is 12.3. The summed E-state index contributed by atoms with van der Waals surface area (Å²) >= 11 is 0. The van der Waals surface area contributed by atoms with Crippen molar-refractivity contribution in [2.24, 2.45) is 0 Å². The van der Waals surface area contributed by atoms with E-state index in [1.807, 2.05) is 38.1 Å². The van der Waals surface area contributed by atoms with E-state index < -0.39 is 6.10 Å². The van der Waals surface area contributed by atoms with Gasteiger partial charge in [0.25, 0.3) is 0 Å². The number of aryl methyl sites for hydroxylation is 2. The molecule has 114 valence electrons. The van der Waals surface area contributed by atoms with Gasteiger partial charge in [-0.1, -0.05) is 24.6 Å². The fourth-order valence-electron chi connectivity index (χ4n) is 1.82. The summed E-state index contributed by atoms with van der Waals surface area (Å²) in [6, 6.07) is 7.75. The van der Waals surface area contributed by atoms with Crippen LogP contribution in [0.1, 0.15) is 24.1 Å². The van der Waals surface area contributed by atoms with Gasteiger partial charge in [0.15, 0.2) is 0 Å². The molecule has 0 amide bonds. The summed E-state index contributed by atoms with van der Waals surface area (Å²) < 4.78 is 11.0.